The number of hydrogen-bond donors (Lipinski definition) is 2. The Hall–Kier alpha value is -1.18. The predicted molar refractivity (Wildman–Crippen MR) is 112 cm³/mol. The molecule has 2 unspecified atom stereocenters. The Morgan fingerprint density at radius 3 is 1.38 bits per heavy atom. The molecule has 0 aliphatic rings. The number of hydrogen-bond acceptors (Lipinski definition) is 7. The van der Waals surface area contributed by atoms with Gasteiger partial charge in [0.1, 0.15) is 25.4 Å². The Labute approximate surface area is 176 Å². The van der Waals surface area contributed by atoms with Crippen molar-refractivity contribution in [2.24, 2.45) is 0 Å². The van der Waals surface area contributed by atoms with Crippen molar-refractivity contribution < 1.29 is 34.0 Å². The molecule has 0 amide bonds. The van der Waals surface area contributed by atoms with Gasteiger partial charge in [0.05, 0.1) is 13.2 Å². The van der Waals surface area contributed by atoms with Gasteiger partial charge in [0.15, 0.2) is 0 Å². The van der Waals surface area contributed by atoms with Crippen molar-refractivity contribution in [2.45, 2.75) is 103 Å². The van der Waals surface area contributed by atoms with Gasteiger partial charge in [-0.25, -0.2) is 0 Å². The van der Waals surface area contributed by atoms with Crippen molar-refractivity contribution in [3.8, 4) is 0 Å². The highest BCUT2D eigenvalue weighted by Gasteiger charge is 2.12. The van der Waals surface area contributed by atoms with Gasteiger partial charge in [-0.15, -0.1) is 0 Å². The molecule has 0 rings (SSSR count). The molecule has 0 aromatic rings. The van der Waals surface area contributed by atoms with E-state index in [1.165, 1.54) is 12.8 Å². The van der Waals surface area contributed by atoms with Gasteiger partial charge in [-0.1, -0.05) is 65.2 Å². The number of unbranched alkanes of at least 4 members (excludes halogenated alkanes) is 8. The van der Waals surface area contributed by atoms with Crippen molar-refractivity contribution in [3.05, 3.63) is 0 Å². The zero-order valence-corrected chi connectivity index (χ0v) is 18.4. The molecule has 0 bridgehead atoms. The summed E-state index contributed by atoms with van der Waals surface area (Å²) in [5, 5.41) is 19.5. The van der Waals surface area contributed by atoms with E-state index in [1.807, 2.05) is 0 Å². The Bertz CT molecular complexity index is 365. The molecule has 0 aliphatic heterocycles. The number of carbonyl (C=O) groups is 2. The first kappa shape index (κ1) is 27.8. The highest BCUT2D eigenvalue weighted by molar-refractivity contribution is 5.69. The van der Waals surface area contributed by atoms with E-state index in [1.54, 1.807) is 0 Å². The fourth-order valence-corrected chi connectivity index (χ4v) is 2.70. The minimum Gasteiger partial charge on any atom is -0.463 e. The lowest BCUT2D eigenvalue weighted by molar-refractivity contribution is -0.149. The standard InChI is InChI=1S/C22H42O7/c1-3-5-7-9-11-13-21(25)28-17-19(23)15-27-16-20(24)18-29-22(26)14-12-10-8-6-4-2/h19-20,23-24H,3-18H2,1-2H3. The SMILES string of the molecule is CCCCCCCC(=O)OCC(O)COCC(O)COC(=O)CCCCCCC. The molecule has 0 spiro atoms. The largest absolute Gasteiger partial charge is 0.463 e. The van der Waals surface area contributed by atoms with Crippen LogP contribution in [0.4, 0.5) is 0 Å². The summed E-state index contributed by atoms with van der Waals surface area (Å²) in [7, 11) is 0. The average Bonchev–Trinajstić information content (AvgIpc) is 2.70. The van der Waals surface area contributed by atoms with E-state index in [0.29, 0.717) is 12.8 Å². The van der Waals surface area contributed by atoms with Crippen LogP contribution in [-0.2, 0) is 23.8 Å². The fourth-order valence-electron chi connectivity index (χ4n) is 2.70. The molecular weight excluding hydrogens is 376 g/mol. The summed E-state index contributed by atoms with van der Waals surface area (Å²) >= 11 is 0. The number of esters is 2. The lowest BCUT2D eigenvalue weighted by Gasteiger charge is -2.15. The van der Waals surface area contributed by atoms with Gasteiger partial charge in [-0.3, -0.25) is 9.59 Å². The smallest absolute Gasteiger partial charge is 0.305 e. The molecule has 0 fully saturated rings. The summed E-state index contributed by atoms with van der Waals surface area (Å²) in [6.45, 7) is 3.89. The van der Waals surface area contributed by atoms with Crippen LogP contribution >= 0.6 is 0 Å². The third kappa shape index (κ3) is 19.9. The lowest BCUT2D eigenvalue weighted by Crippen LogP contribution is -2.28. The molecule has 0 saturated heterocycles. The Kier molecular flexibility index (Phi) is 19.3. The van der Waals surface area contributed by atoms with Crippen LogP contribution in [-0.4, -0.2) is 60.8 Å². The van der Waals surface area contributed by atoms with Crippen LogP contribution in [0.3, 0.4) is 0 Å². The van der Waals surface area contributed by atoms with Crippen LogP contribution in [0.15, 0.2) is 0 Å². The second kappa shape index (κ2) is 20.1. The first-order valence-corrected chi connectivity index (χ1v) is 11.2. The van der Waals surface area contributed by atoms with Crippen LogP contribution in [0.5, 0.6) is 0 Å². The Balaban J connectivity index is 3.58. The molecule has 0 aromatic carbocycles. The summed E-state index contributed by atoms with van der Waals surface area (Å²) in [5.74, 6) is -0.635. The normalized spacial score (nSPS) is 13.1. The number of carbonyl (C=O) groups excluding carboxylic acids is 2. The first-order valence-electron chi connectivity index (χ1n) is 11.2. The minimum absolute atomic E-state index is 0.0633. The van der Waals surface area contributed by atoms with E-state index >= 15 is 0 Å². The van der Waals surface area contributed by atoms with Gasteiger partial charge in [-0.05, 0) is 12.8 Å². The number of aliphatic hydroxyl groups is 2. The summed E-state index contributed by atoms with van der Waals surface area (Å²) < 4.78 is 15.2. The zero-order valence-electron chi connectivity index (χ0n) is 18.4. The van der Waals surface area contributed by atoms with E-state index in [4.69, 9.17) is 14.2 Å². The number of rotatable bonds is 20. The van der Waals surface area contributed by atoms with E-state index < -0.39 is 12.2 Å². The molecule has 29 heavy (non-hydrogen) atoms. The molecule has 2 atom stereocenters. The zero-order chi connectivity index (χ0) is 21.7. The maximum atomic E-state index is 11.6. The molecule has 0 saturated carbocycles. The molecule has 2 N–H and O–H groups in total. The topological polar surface area (TPSA) is 102 Å². The van der Waals surface area contributed by atoms with Crippen LogP contribution in [0.1, 0.15) is 90.9 Å². The highest BCUT2D eigenvalue weighted by Crippen LogP contribution is 2.07. The van der Waals surface area contributed by atoms with Crippen LogP contribution in [0.2, 0.25) is 0 Å². The van der Waals surface area contributed by atoms with E-state index in [2.05, 4.69) is 13.8 Å². The maximum absolute atomic E-state index is 11.6. The van der Waals surface area contributed by atoms with Crippen LogP contribution < -0.4 is 0 Å². The molecule has 0 aliphatic carbocycles. The van der Waals surface area contributed by atoms with Gasteiger partial charge in [0.2, 0.25) is 0 Å². The Morgan fingerprint density at radius 1 is 0.621 bits per heavy atom. The highest BCUT2D eigenvalue weighted by atomic mass is 16.6. The maximum Gasteiger partial charge on any atom is 0.305 e. The van der Waals surface area contributed by atoms with Crippen molar-refractivity contribution in [1.29, 1.82) is 0 Å². The van der Waals surface area contributed by atoms with Crippen molar-refractivity contribution >= 4 is 11.9 Å². The fraction of sp³-hybridized carbons (Fsp3) is 0.909. The second-order valence-electron chi connectivity index (χ2n) is 7.54. The number of aliphatic hydroxyl groups excluding tert-OH is 2. The van der Waals surface area contributed by atoms with E-state index in [0.717, 1.165) is 51.4 Å². The van der Waals surface area contributed by atoms with Crippen molar-refractivity contribution in [1.82, 2.24) is 0 Å². The summed E-state index contributed by atoms with van der Waals surface area (Å²) in [6, 6.07) is 0. The first-order chi connectivity index (χ1) is 14.0. The summed E-state index contributed by atoms with van der Waals surface area (Å²) in [4.78, 5) is 23.2. The molecular formula is C22H42O7. The molecule has 7 heteroatoms. The Morgan fingerprint density at radius 2 is 1.00 bits per heavy atom. The van der Waals surface area contributed by atoms with Gasteiger partial charge >= 0.3 is 11.9 Å². The van der Waals surface area contributed by atoms with Crippen molar-refractivity contribution in [2.75, 3.05) is 26.4 Å². The second-order valence-corrected chi connectivity index (χ2v) is 7.54. The summed E-state index contributed by atoms with van der Waals surface area (Å²) in [5.41, 5.74) is 0. The van der Waals surface area contributed by atoms with Crippen LogP contribution in [0.25, 0.3) is 0 Å². The minimum atomic E-state index is -0.947. The molecule has 0 aromatic heterocycles. The third-order valence-corrected chi connectivity index (χ3v) is 4.46. The van der Waals surface area contributed by atoms with Crippen LogP contribution in [0, 0.1) is 0 Å². The average molecular weight is 419 g/mol. The molecule has 0 heterocycles. The van der Waals surface area contributed by atoms with Gasteiger partial charge in [0, 0.05) is 12.8 Å². The van der Waals surface area contributed by atoms with Gasteiger partial charge in [0.25, 0.3) is 0 Å². The predicted octanol–water partition coefficient (Wildman–Crippen LogP) is 3.53. The quantitative estimate of drug-likeness (QED) is 0.230. The lowest BCUT2D eigenvalue weighted by atomic mass is 10.1. The third-order valence-electron chi connectivity index (χ3n) is 4.46. The van der Waals surface area contributed by atoms with E-state index in [9.17, 15) is 19.8 Å². The monoisotopic (exact) mass is 418 g/mol. The number of ether oxygens (including phenoxy) is 3. The molecule has 172 valence electrons. The van der Waals surface area contributed by atoms with Gasteiger partial charge < -0.3 is 24.4 Å². The van der Waals surface area contributed by atoms with Crippen molar-refractivity contribution in [3.63, 3.8) is 0 Å². The molecule has 0 radical (unpaired) electrons. The van der Waals surface area contributed by atoms with Gasteiger partial charge in [-0.2, -0.15) is 0 Å². The van der Waals surface area contributed by atoms with E-state index in [-0.39, 0.29) is 38.4 Å². The molecule has 7 nitrogen and oxygen atoms in total. The summed E-state index contributed by atoms with van der Waals surface area (Å²) in [6.07, 6.45) is 9.36.